The van der Waals surface area contributed by atoms with E-state index in [9.17, 15) is 9.59 Å². The van der Waals surface area contributed by atoms with Gasteiger partial charge in [0.1, 0.15) is 11.5 Å². The van der Waals surface area contributed by atoms with Crippen LogP contribution in [0, 0.1) is 0 Å². The number of imide groups is 1. The van der Waals surface area contributed by atoms with Crippen molar-refractivity contribution in [2.24, 2.45) is 0 Å². The predicted octanol–water partition coefficient (Wildman–Crippen LogP) is 1.84. The van der Waals surface area contributed by atoms with Gasteiger partial charge >= 0.3 is 0 Å². The third-order valence-electron chi connectivity index (χ3n) is 5.88. The molecule has 1 aromatic carbocycles. The molecule has 32 heavy (non-hydrogen) atoms. The van der Waals surface area contributed by atoms with Gasteiger partial charge in [0.05, 0.1) is 12.7 Å². The summed E-state index contributed by atoms with van der Waals surface area (Å²) in [6.07, 6.45) is 6.30. The molecule has 2 amide bonds. The van der Waals surface area contributed by atoms with Crippen molar-refractivity contribution in [1.29, 1.82) is 0 Å². The summed E-state index contributed by atoms with van der Waals surface area (Å²) in [5, 5.41) is 0. The van der Waals surface area contributed by atoms with Gasteiger partial charge in [-0.2, -0.15) is 0 Å². The van der Waals surface area contributed by atoms with Gasteiger partial charge in [0.25, 0.3) is 11.8 Å². The fourth-order valence-corrected chi connectivity index (χ4v) is 4.04. The molecule has 2 aliphatic rings. The molecular formula is C23H29N5O4. The third kappa shape index (κ3) is 5.16. The second-order valence-electron chi connectivity index (χ2n) is 7.94. The van der Waals surface area contributed by atoms with Gasteiger partial charge in [-0.15, -0.1) is 0 Å². The number of hydrogen-bond donors (Lipinski definition) is 0. The summed E-state index contributed by atoms with van der Waals surface area (Å²) in [7, 11) is 1.54. The number of unbranched alkanes of at least 4 members (excludes halogenated alkanes) is 2. The lowest BCUT2D eigenvalue weighted by molar-refractivity contribution is -0.130. The van der Waals surface area contributed by atoms with Crippen LogP contribution < -0.4 is 14.4 Å². The molecule has 0 radical (unpaired) electrons. The van der Waals surface area contributed by atoms with Crippen LogP contribution in [0.5, 0.6) is 11.5 Å². The molecular weight excluding hydrogens is 410 g/mol. The Morgan fingerprint density at radius 1 is 1.00 bits per heavy atom. The first-order chi connectivity index (χ1) is 15.7. The first-order valence-corrected chi connectivity index (χ1v) is 11.1. The number of aromatic nitrogens is 2. The maximum absolute atomic E-state index is 12.9. The Kier molecular flexibility index (Phi) is 7.16. The molecule has 3 heterocycles. The van der Waals surface area contributed by atoms with Crippen molar-refractivity contribution in [1.82, 2.24) is 19.8 Å². The zero-order valence-corrected chi connectivity index (χ0v) is 18.4. The molecule has 1 aromatic heterocycles. The van der Waals surface area contributed by atoms with Crippen molar-refractivity contribution in [3.8, 4) is 11.5 Å². The third-order valence-corrected chi connectivity index (χ3v) is 5.88. The molecule has 0 bridgehead atoms. The van der Waals surface area contributed by atoms with E-state index in [1.54, 1.807) is 37.7 Å². The van der Waals surface area contributed by atoms with Gasteiger partial charge in [-0.25, -0.2) is 9.97 Å². The van der Waals surface area contributed by atoms with Crippen molar-refractivity contribution < 1.29 is 19.1 Å². The average Bonchev–Trinajstić information content (AvgIpc) is 2.96. The monoisotopic (exact) mass is 439 g/mol. The van der Waals surface area contributed by atoms with Crippen LogP contribution in [0.4, 0.5) is 5.95 Å². The number of nitrogens with zero attached hydrogens (tertiary/aromatic N) is 5. The average molecular weight is 440 g/mol. The molecule has 0 saturated carbocycles. The molecule has 9 nitrogen and oxygen atoms in total. The van der Waals surface area contributed by atoms with Gasteiger partial charge in [-0.3, -0.25) is 19.4 Å². The minimum absolute atomic E-state index is 0.125. The van der Waals surface area contributed by atoms with E-state index in [4.69, 9.17) is 9.47 Å². The van der Waals surface area contributed by atoms with E-state index >= 15 is 0 Å². The fourth-order valence-electron chi connectivity index (χ4n) is 4.04. The summed E-state index contributed by atoms with van der Waals surface area (Å²) in [5.74, 6) is 1.16. The molecule has 170 valence electrons. The molecule has 9 heteroatoms. The lowest BCUT2D eigenvalue weighted by Crippen LogP contribution is -2.47. The zero-order valence-electron chi connectivity index (χ0n) is 18.4. The number of fused-ring (bicyclic) bond motifs is 1. The molecule has 2 aliphatic heterocycles. The van der Waals surface area contributed by atoms with Crippen molar-refractivity contribution in [3.63, 3.8) is 0 Å². The SMILES string of the molecule is COc1ccc2c(c1)C(=O)N(CCCCCN1CCN(c3ncccn3)CC1)C(=O)CO2. The lowest BCUT2D eigenvalue weighted by Gasteiger charge is -2.34. The number of ether oxygens (including phenoxy) is 2. The van der Waals surface area contributed by atoms with Crippen LogP contribution in [0.25, 0.3) is 0 Å². The molecule has 2 aromatic rings. The minimum Gasteiger partial charge on any atom is -0.497 e. The van der Waals surface area contributed by atoms with E-state index in [0.29, 0.717) is 23.6 Å². The van der Waals surface area contributed by atoms with Crippen LogP contribution in [0.1, 0.15) is 29.6 Å². The number of amides is 2. The molecule has 0 aliphatic carbocycles. The highest BCUT2D eigenvalue weighted by Crippen LogP contribution is 2.28. The van der Waals surface area contributed by atoms with Crippen LogP contribution in [-0.4, -0.2) is 84.6 Å². The maximum atomic E-state index is 12.9. The Morgan fingerprint density at radius 2 is 1.75 bits per heavy atom. The van der Waals surface area contributed by atoms with Crippen molar-refractivity contribution >= 4 is 17.8 Å². The van der Waals surface area contributed by atoms with E-state index in [0.717, 1.165) is 57.9 Å². The number of hydrogen-bond acceptors (Lipinski definition) is 8. The van der Waals surface area contributed by atoms with Crippen molar-refractivity contribution in [3.05, 3.63) is 42.2 Å². The summed E-state index contributed by atoms with van der Waals surface area (Å²) < 4.78 is 10.7. The lowest BCUT2D eigenvalue weighted by atomic mass is 10.1. The van der Waals surface area contributed by atoms with Crippen LogP contribution >= 0.6 is 0 Å². The van der Waals surface area contributed by atoms with Crippen LogP contribution in [0.15, 0.2) is 36.7 Å². The summed E-state index contributed by atoms with van der Waals surface area (Å²) in [6, 6.07) is 6.85. The van der Waals surface area contributed by atoms with Gasteiger partial charge in [0, 0.05) is 45.1 Å². The summed E-state index contributed by atoms with van der Waals surface area (Å²) in [5.41, 5.74) is 0.371. The molecule has 4 rings (SSSR count). The highest BCUT2D eigenvalue weighted by atomic mass is 16.5. The number of anilines is 1. The molecule has 0 atom stereocenters. The van der Waals surface area contributed by atoms with Crippen molar-refractivity contribution in [2.45, 2.75) is 19.3 Å². The molecule has 0 spiro atoms. The summed E-state index contributed by atoms with van der Waals surface area (Å²) in [4.78, 5) is 40.0. The fraction of sp³-hybridized carbons (Fsp3) is 0.478. The smallest absolute Gasteiger partial charge is 0.267 e. The Labute approximate surface area is 187 Å². The maximum Gasteiger partial charge on any atom is 0.267 e. The number of carbonyl (C=O) groups is 2. The van der Waals surface area contributed by atoms with E-state index in [1.165, 1.54) is 4.90 Å². The second kappa shape index (κ2) is 10.4. The largest absolute Gasteiger partial charge is 0.497 e. The normalized spacial score (nSPS) is 17.0. The standard InChI is InChI=1S/C23H29N5O4/c1-31-18-6-7-20-19(16-18)22(30)28(21(29)17-32-20)11-4-2-3-10-26-12-14-27(15-13-26)23-24-8-5-9-25-23/h5-9,16H,2-4,10-15,17H2,1H3. The number of rotatable bonds is 8. The highest BCUT2D eigenvalue weighted by molar-refractivity contribution is 6.07. The quantitative estimate of drug-likeness (QED) is 0.455. The second-order valence-corrected chi connectivity index (χ2v) is 7.94. The number of methoxy groups -OCH3 is 1. The Hall–Kier alpha value is -3.20. The topological polar surface area (TPSA) is 88.1 Å². The first kappa shape index (κ1) is 22.0. The Morgan fingerprint density at radius 3 is 2.50 bits per heavy atom. The molecule has 1 fully saturated rings. The molecule has 0 unspecified atom stereocenters. The first-order valence-electron chi connectivity index (χ1n) is 11.1. The summed E-state index contributed by atoms with van der Waals surface area (Å²) >= 11 is 0. The number of carbonyl (C=O) groups excluding carboxylic acids is 2. The van der Waals surface area contributed by atoms with Crippen molar-refractivity contribution in [2.75, 3.05) is 57.9 Å². The van der Waals surface area contributed by atoms with E-state index in [2.05, 4.69) is 19.8 Å². The van der Waals surface area contributed by atoms with E-state index in [-0.39, 0.29) is 18.4 Å². The highest BCUT2D eigenvalue weighted by Gasteiger charge is 2.29. The van der Waals surface area contributed by atoms with Crippen LogP contribution in [0.2, 0.25) is 0 Å². The van der Waals surface area contributed by atoms with E-state index in [1.807, 2.05) is 6.07 Å². The number of piperazine rings is 1. The molecule has 1 saturated heterocycles. The summed E-state index contributed by atoms with van der Waals surface area (Å²) in [6.45, 7) is 5.09. The van der Waals surface area contributed by atoms with Gasteiger partial charge < -0.3 is 14.4 Å². The van der Waals surface area contributed by atoms with E-state index < -0.39 is 0 Å². The minimum atomic E-state index is -0.319. The van der Waals surface area contributed by atoms with Gasteiger partial charge in [0.2, 0.25) is 5.95 Å². The Balaban J connectivity index is 1.21. The zero-order chi connectivity index (χ0) is 22.3. The molecule has 0 N–H and O–H groups in total. The van der Waals surface area contributed by atoms with Gasteiger partial charge in [-0.05, 0) is 43.7 Å². The predicted molar refractivity (Wildman–Crippen MR) is 119 cm³/mol. The van der Waals surface area contributed by atoms with Gasteiger partial charge in [-0.1, -0.05) is 6.42 Å². The van der Waals surface area contributed by atoms with Crippen LogP contribution in [0.3, 0.4) is 0 Å². The Bertz CT molecular complexity index is 931. The van der Waals surface area contributed by atoms with Gasteiger partial charge in [0.15, 0.2) is 6.61 Å². The number of benzene rings is 1. The van der Waals surface area contributed by atoms with Crippen LogP contribution in [-0.2, 0) is 4.79 Å².